The van der Waals surface area contributed by atoms with Gasteiger partial charge in [0.05, 0.1) is 18.3 Å². The van der Waals surface area contributed by atoms with Crippen LogP contribution < -0.4 is 5.32 Å². The van der Waals surface area contributed by atoms with E-state index in [2.05, 4.69) is 20.5 Å². The van der Waals surface area contributed by atoms with Gasteiger partial charge in [-0.3, -0.25) is 9.69 Å². The molecule has 1 unspecified atom stereocenters. The lowest BCUT2D eigenvalue weighted by atomic mass is 9.96. The van der Waals surface area contributed by atoms with Crippen LogP contribution >= 0.6 is 0 Å². The average molecular weight is 385 g/mol. The molecule has 4 rings (SSSR count). The molecule has 28 heavy (non-hydrogen) atoms. The zero-order chi connectivity index (χ0) is 19.3. The van der Waals surface area contributed by atoms with Crippen LogP contribution in [-0.2, 0) is 0 Å². The maximum Gasteiger partial charge on any atom is 0.273 e. The van der Waals surface area contributed by atoms with Gasteiger partial charge in [-0.15, -0.1) is 5.10 Å². The van der Waals surface area contributed by atoms with Gasteiger partial charge in [0.2, 0.25) is 0 Å². The van der Waals surface area contributed by atoms with Gasteiger partial charge >= 0.3 is 0 Å². The molecule has 150 valence electrons. The fourth-order valence-electron chi connectivity index (χ4n) is 4.38. The van der Waals surface area contributed by atoms with Crippen molar-refractivity contribution in [1.82, 2.24) is 25.2 Å². The summed E-state index contributed by atoms with van der Waals surface area (Å²) in [4.78, 5) is 15.0. The van der Waals surface area contributed by atoms with Gasteiger partial charge in [0.1, 0.15) is 5.82 Å². The van der Waals surface area contributed by atoms with Crippen molar-refractivity contribution < 1.29 is 9.18 Å². The molecule has 1 aromatic carbocycles. The molecule has 2 aliphatic rings. The Hall–Kier alpha value is -2.28. The highest BCUT2D eigenvalue weighted by Gasteiger charge is 2.25. The highest BCUT2D eigenvalue weighted by atomic mass is 19.1. The second-order valence-corrected chi connectivity index (χ2v) is 7.90. The van der Waals surface area contributed by atoms with Crippen molar-refractivity contribution in [3.63, 3.8) is 0 Å². The molecule has 0 radical (unpaired) electrons. The Kier molecular flexibility index (Phi) is 6.00. The smallest absolute Gasteiger partial charge is 0.273 e. The Morgan fingerprint density at radius 3 is 2.54 bits per heavy atom. The number of amides is 1. The molecule has 2 fully saturated rings. The topological polar surface area (TPSA) is 63.1 Å². The van der Waals surface area contributed by atoms with Crippen LogP contribution in [0.1, 0.15) is 73.1 Å². The highest BCUT2D eigenvalue weighted by Crippen LogP contribution is 2.27. The average Bonchev–Trinajstić information content (AvgIpc) is 3.42. The van der Waals surface area contributed by atoms with E-state index in [-0.39, 0.29) is 17.8 Å². The van der Waals surface area contributed by atoms with E-state index in [0.717, 1.165) is 44.3 Å². The molecule has 7 heteroatoms. The first-order valence-corrected chi connectivity index (χ1v) is 10.4. The van der Waals surface area contributed by atoms with Gasteiger partial charge in [-0.25, -0.2) is 9.07 Å². The lowest BCUT2D eigenvalue weighted by molar-refractivity contribution is 0.0932. The third-order valence-electron chi connectivity index (χ3n) is 5.98. The van der Waals surface area contributed by atoms with Crippen LogP contribution in [-0.4, -0.2) is 45.4 Å². The van der Waals surface area contributed by atoms with Crippen LogP contribution in [0.25, 0.3) is 0 Å². The van der Waals surface area contributed by atoms with Gasteiger partial charge in [0.25, 0.3) is 5.91 Å². The van der Waals surface area contributed by atoms with Crippen LogP contribution in [0.3, 0.4) is 0 Å². The van der Waals surface area contributed by atoms with Gasteiger partial charge in [-0.1, -0.05) is 36.6 Å². The predicted molar refractivity (Wildman–Crippen MR) is 104 cm³/mol. The van der Waals surface area contributed by atoms with Crippen molar-refractivity contribution in [3.8, 4) is 0 Å². The molecule has 2 aromatic rings. The largest absolute Gasteiger partial charge is 0.349 e. The second kappa shape index (κ2) is 8.82. The van der Waals surface area contributed by atoms with Crippen molar-refractivity contribution >= 4 is 5.91 Å². The second-order valence-electron chi connectivity index (χ2n) is 7.90. The summed E-state index contributed by atoms with van der Waals surface area (Å²) in [5.74, 6) is -0.444. The van der Waals surface area contributed by atoms with E-state index in [4.69, 9.17) is 0 Å². The number of carbonyl (C=O) groups excluding carboxylic acids is 1. The Labute approximate surface area is 165 Å². The quantitative estimate of drug-likeness (QED) is 0.827. The SMILES string of the molecule is O=C(NCC(c1ccc(F)cc1)N1CCCC1)c1cn(C2CCCCC2)nn1. The summed E-state index contributed by atoms with van der Waals surface area (Å²) in [6, 6.07) is 6.99. The van der Waals surface area contributed by atoms with E-state index < -0.39 is 0 Å². The lowest BCUT2D eigenvalue weighted by Crippen LogP contribution is -2.37. The van der Waals surface area contributed by atoms with Crippen molar-refractivity contribution in [1.29, 1.82) is 0 Å². The fraction of sp³-hybridized carbons (Fsp3) is 0.571. The molecule has 0 spiro atoms. The summed E-state index contributed by atoms with van der Waals surface area (Å²) in [7, 11) is 0. The van der Waals surface area contributed by atoms with Gasteiger partial charge in [-0.2, -0.15) is 0 Å². The van der Waals surface area contributed by atoms with Gasteiger partial charge in [0, 0.05) is 6.54 Å². The monoisotopic (exact) mass is 385 g/mol. The van der Waals surface area contributed by atoms with Crippen LogP contribution in [0, 0.1) is 5.82 Å². The van der Waals surface area contributed by atoms with Crippen LogP contribution in [0.4, 0.5) is 4.39 Å². The van der Waals surface area contributed by atoms with Crippen LogP contribution in [0.5, 0.6) is 0 Å². The Morgan fingerprint density at radius 2 is 1.82 bits per heavy atom. The van der Waals surface area contributed by atoms with E-state index >= 15 is 0 Å². The number of hydrogen-bond acceptors (Lipinski definition) is 4. The molecule has 1 atom stereocenters. The maximum absolute atomic E-state index is 13.3. The van der Waals surface area contributed by atoms with E-state index in [0.29, 0.717) is 18.3 Å². The van der Waals surface area contributed by atoms with Crippen molar-refractivity contribution in [2.24, 2.45) is 0 Å². The Bertz CT molecular complexity index is 778. The third-order valence-corrected chi connectivity index (χ3v) is 5.98. The minimum absolute atomic E-state index is 0.0421. The van der Waals surface area contributed by atoms with Gasteiger partial charge in [-0.05, 0) is 56.5 Å². The van der Waals surface area contributed by atoms with E-state index in [1.165, 1.54) is 31.4 Å². The number of halogens is 1. The summed E-state index contributed by atoms with van der Waals surface area (Å²) in [6.45, 7) is 2.46. The Morgan fingerprint density at radius 1 is 1.11 bits per heavy atom. The molecule has 2 heterocycles. The molecule has 1 amide bonds. The van der Waals surface area contributed by atoms with Gasteiger partial charge < -0.3 is 5.32 Å². The fourth-order valence-corrected chi connectivity index (χ4v) is 4.38. The number of benzene rings is 1. The van der Waals surface area contributed by atoms with Gasteiger partial charge in [0.15, 0.2) is 5.69 Å². The number of rotatable bonds is 6. The Balaban J connectivity index is 1.41. The number of carbonyl (C=O) groups is 1. The van der Waals surface area contributed by atoms with Crippen molar-refractivity contribution in [2.75, 3.05) is 19.6 Å². The standard InChI is InChI=1S/C21H28FN5O/c22-17-10-8-16(9-11-17)20(26-12-4-5-13-26)14-23-21(28)19-15-27(25-24-19)18-6-2-1-3-7-18/h8-11,15,18,20H,1-7,12-14H2,(H,23,28). The summed E-state index contributed by atoms with van der Waals surface area (Å²) in [5.41, 5.74) is 1.39. The number of nitrogens with one attached hydrogen (secondary N) is 1. The number of aromatic nitrogens is 3. The maximum atomic E-state index is 13.3. The summed E-state index contributed by atoms with van der Waals surface area (Å²) in [5, 5.41) is 11.3. The predicted octanol–water partition coefficient (Wildman–Crippen LogP) is 3.49. The third kappa shape index (κ3) is 4.41. The lowest BCUT2D eigenvalue weighted by Gasteiger charge is -2.28. The zero-order valence-corrected chi connectivity index (χ0v) is 16.2. The first kappa shape index (κ1) is 19.1. The number of likely N-dealkylation sites (tertiary alicyclic amines) is 1. The number of hydrogen-bond donors (Lipinski definition) is 1. The van der Waals surface area contributed by atoms with E-state index in [9.17, 15) is 9.18 Å². The minimum Gasteiger partial charge on any atom is -0.349 e. The molecular formula is C21H28FN5O. The molecule has 1 saturated carbocycles. The van der Waals surface area contributed by atoms with Crippen LogP contribution in [0.15, 0.2) is 30.5 Å². The van der Waals surface area contributed by atoms with E-state index in [1.54, 1.807) is 6.20 Å². The minimum atomic E-state index is -0.243. The normalized spacial score (nSPS) is 19.6. The molecule has 1 aliphatic heterocycles. The molecule has 1 aromatic heterocycles. The molecule has 1 aliphatic carbocycles. The van der Waals surface area contributed by atoms with Crippen molar-refractivity contribution in [2.45, 2.75) is 57.0 Å². The summed E-state index contributed by atoms with van der Waals surface area (Å²) in [6.07, 6.45) is 9.98. The van der Waals surface area contributed by atoms with E-state index in [1.807, 2.05) is 16.8 Å². The van der Waals surface area contributed by atoms with Crippen molar-refractivity contribution in [3.05, 3.63) is 47.5 Å². The zero-order valence-electron chi connectivity index (χ0n) is 16.2. The van der Waals surface area contributed by atoms with Crippen LogP contribution in [0.2, 0.25) is 0 Å². The highest BCUT2D eigenvalue weighted by molar-refractivity contribution is 5.91. The summed E-state index contributed by atoms with van der Waals surface area (Å²) < 4.78 is 15.2. The molecule has 0 bridgehead atoms. The number of nitrogens with zero attached hydrogens (tertiary/aromatic N) is 4. The molecule has 1 saturated heterocycles. The molecular weight excluding hydrogens is 357 g/mol. The first-order chi connectivity index (χ1) is 13.7. The summed E-state index contributed by atoms with van der Waals surface area (Å²) >= 11 is 0. The molecule has 6 nitrogen and oxygen atoms in total. The first-order valence-electron chi connectivity index (χ1n) is 10.4. The molecule has 1 N–H and O–H groups in total.